The van der Waals surface area contributed by atoms with Crippen molar-refractivity contribution in [2.75, 3.05) is 7.11 Å². The molecule has 0 fully saturated rings. The molecule has 0 amide bonds. The van der Waals surface area contributed by atoms with Crippen molar-refractivity contribution in [2.45, 2.75) is 12.6 Å². The molecule has 0 bridgehead atoms. The minimum Gasteiger partial charge on any atom is -0.484 e. The van der Waals surface area contributed by atoms with E-state index >= 15 is 0 Å². The topological polar surface area (TPSA) is 34.0 Å². The largest absolute Gasteiger partial charge is 0.484 e. The van der Waals surface area contributed by atoms with Gasteiger partial charge in [-0.1, -0.05) is 23.2 Å². The van der Waals surface area contributed by atoms with Gasteiger partial charge >= 0.3 is 6.18 Å². The Morgan fingerprint density at radius 2 is 1.63 bits per heavy atom. The highest BCUT2D eigenvalue weighted by molar-refractivity contribution is 6.42. The molecule has 0 atom stereocenters. The molecule has 3 nitrogen and oxygen atoms in total. The summed E-state index contributed by atoms with van der Waals surface area (Å²) in [7, 11) is 1.25. The molecular formula is C11H7Cl2F3N2O. The average molecular weight is 311 g/mol. The lowest BCUT2D eigenvalue weighted by atomic mass is 10.2. The van der Waals surface area contributed by atoms with Gasteiger partial charge < -0.3 is 4.74 Å². The number of rotatable bonds is 0. The van der Waals surface area contributed by atoms with Crippen LogP contribution < -0.4 is 0 Å². The summed E-state index contributed by atoms with van der Waals surface area (Å²) in [4.78, 5) is 7.52. The average Bonchev–Trinajstić information content (AvgIpc) is 2.48. The molecule has 0 saturated heterocycles. The van der Waals surface area contributed by atoms with Crippen molar-refractivity contribution in [3.8, 4) is 0 Å². The first-order valence-electron chi connectivity index (χ1n) is 5.06. The fraction of sp³-hybridized carbons (Fsp3) is 0.273. The Morgan fingerprint density at radius 3 is 2.11 bits per heavy atom. The van der Waals surface area contributed by atoms with Crippen LogP contribution >= 0.6 is 23.2 Å². The van der Waals surface area contributed by atoms with Crippen molar-refractivity contribution in [3.63, 3.8) is 0 Å². The van der Waals surface area contributed by atoms with Crippen molar-refractivity contribution in [3.05, 3.63) is 22.2 Å². The molecular weight excluding hydrogens is 304 g/mol. The highest BCUT2D eigenvalue weighted by atomic mass is 35.5. The van der Waals surface area contributed by atoms with Gasteiger partial charge in [-0.15, -0.1) is 0 Å². The highest BCUT2D eigenvalue weighted by Gasteiger charge is 2.37. The molecule has 1 aromatic rings. The van der Waals surface area contributed by atoms with Crippen molar-refractivity contribution >= 4 is 46.2 Å². The van der Waals surface area contributed by atoms with E-state index in [1.807, 2.05) is 0 Å². The molecule has 0 N–H and O–H groups in total. The number of nitrogens with zero attached hydrogens (tertiary/aromatic N) is 2. The molecule has 2 rings (SSSR count). The normalized spacial score (nSPS) is 15.3. The van der Waals surface area contributed by atoms with Crippen LogP contribution in [0, 0.1) is 0 Å². The first-order chi connectivity index (χ1) is 8.81. The molecule has 1 aliphatic heterocycles. The number of aliphatic imine (C=N–C) groups is 2. The molecule has 0 aliphatic carbocycles. The van der Waals surface area contributed by atoms with Crippen LogP contribution in [0.2, 0.25) is 10.0 Å². The quantitative estimate of drug-likeness (QED) is 0.683. The van der Waals surface area contributed by atoms with E-state index in [2.05, 4.69) is 9.98 Å². The van der Waals surface area contributed by atoms with E-state index in [4.69, 9.17) is 27.9 Å². The minimum atomic E-state index is -4.56. The molecule has 0 spiro atoms. The summed E-state index contributed by atoms with van der Waals surface area (Å²) >= 11 is 11.6. The molecule has 0 saturated carbocycles. The van der Waals surface area contributed by atoms with Crippen LogP contribution in [0.5, 0.6) is 0 Å². The lowest BCUT2D eigenvalue weighted by molar-refractivity contribution is -0.0598. The predicted octanol–water partition coefficient (Wildman–Crippen LogP) is 4.71. The van der Waals surface area contributed by atoms with Crippen molar-refractivity contribution < 1.29 is 17.9 Å². The van der Waals surface area contributed by atoms with Crippen molar-refractivity contribution in [1.29, 1.82) is 0 Å². The number of alkyl halides is 3. The number of methoxy groups -OCH3 is 1. The first kappa shape index (κ1) is 14.1. The van der Waals surface area contributed by atoms with Crippen LogP contribution in [0.25, 0.3) is 0 Å². The summed E-state index contributed by atoms with van der Waals surface area (Å²) < 4.78 is 43.2. The Bertz CT molecular complexity index is 582. The van der Waals surface area contributed by atoms with Gasteiger partial charge in [0, 0.05) is 0 Å². The second kappa shape index (κ2) is 5.02. The summed E-state index contributed by atoms with van der Waals surface area (Å²) in [5, 5.41) is 0.298. The second-order valence-electron chi connectivity index (χ2n) is 3.70. The third kappa shape index (κ3) is 3.01. The van der Waals surface area contributed by atoms with Gasteiger partial charge in [0.25, 0.3) is 0 Å². The number of ether oxygens (including phenoxy) is 1. The Balaban J connectivity index is 2.63. The number of fused-ring (bicyclic) bond motifs is 1. The number of hydrogen-bond acceptors (Lipinski definition) is 3. The zero-order valence-electron chi connectivity index (χ0n) is 9.55. The van der Waals surface area contributed by atoms with E-state index in [0.717, 1.165) is 0 Å². The van der Waals surface area contributed by atoms with Gasteiger partial charge in [-0.05, 0) is 12.1 Å². The molecule has 0 aromatic heterocycles. The lowest BCUT2D eigenvalue weighted by Crippen LogP contribution is -2.25. The molecule has 102 valence electrons. The maximum atomic E-state index is 12.8. The summed E-state index contributed by atoms with van der Waals surface area (Å²) in [5.74, 6) is -0.0896. The Hall–Kier alpha value is -1.27. The standard InChI is InChI=1S/C11H7Cl2F3N2O/c1-19-10-4-9(11(14,15)16)17-7-2-5(12)6(13)3-8(7)18-10/h2-3H,4H2,1H3. The predicted molar refractivity (Wildman–Crippen MR) is 68.3 cm³/mol. The monoisotopic (exact) mass is 310 g/mol. The van der Waals surface area contributed by atoms with Crippen LogP contribution in [0.1, 0.15) is 6.42 Å². The molecule has 1 aliphatic rings. The molecule has 0 unspecified atom stereocenters. The maximum absolute atomic E-state index is 12.8. The second-order valence-corrected chi connectivity index (χ2v) is 4.51. The SMILES string of the molecule is COC1=Nc2cc(Cl)c(Cl)cc2N=C(C(F)(F)F)C1. The minimum absolute atomic E-state index is 0.00813. The summed E-state index contributed by atoms with van der Waals surface area (Å²) in [5.41, 5.74) is -0.801. The van der Waals surface area contributed by atoms with Gasteiger partial charge in [0.1, 0.15) is 5.71 Å². The fourth-order valence-corrected chi connectivity index (χ4v) is 1.80. The van der Waals surface area contributed by atoms with Gasteiger partial charge in [-0.25, -0.2) is 9.98 Å². The summed E-state index contributed by atoms with van der Waals surface area (Å²) in [6.45, 7) is 0. The Kier molecular flexibility index (Phi) is 3.73. The van der Waals surface area contributed by atoms with E-state index < -0.39 is 18.3 Å². The van der Waals surface area contributed by atoms with Gasteiger partial charge in [0.05, 0.1) is 35.0 Å². The van der Waals surface area contributed by atoms with E-state index in [1.165, 1.54) is 19.2 Å². The van der Waals surface area contributed by atoms with Gasteiger partial charge in [0.2, 0.25) is 0 Å². The van der Waals surface area contributed by atoms with Gasteiger partial charge in [-0.2, -0.15) is 13.2 Å². The number of benzene rings is 1. The molecule has 1 aromatic carbocycles. The maximum Gasteiger partial charge on any atom is 0.430 e. The lowest BCUT2D eigenvalue weighted by Gasteiger charge is -2.09. The van der Waals surface area contributed by atoms with Crippen molar-refractivity contribution in [2.24, 2.45) is 9.98 Å². The van der Waals surface area contributed by atoms with Crippen LogP contribution in [0.15, 0.2) is 22.1 Å². The Morgan fingerprint density at radius 1 is 1.11 bits per heavy atom. The smallest absolute Gasteiger partial charge is 0.430 e. The zero-order valence-corrected chi connectivity index (χ0v) is 11.1. The molecule has 1 heterocycles. The third-order valence-corrected chi connectivity index (χ3v) is 3.12. The van der Waals surface area contributed by atoms with Crippen LogP contribution in [0.4, 0.5) is 24.5 Å². The van der Waals surface area contributed by atoms with E-state index in [1.54, 1.807) is 0 Å². The van der Waals surface area contributed by atoms with E-state index in [9.17, 15) is 13.2 Å². The Labute approximate surface area is 116 Å². The number of halogens is 5. The van der Waals surface area contributed by atoms with Gasteiger partial charge in [-0.3, -0.25) is 0 Å². The summed E-state index contributed by atoms with van der Waals surface area (Å²) in [6.07, 6.45) is -5.10. The van der Waals surface area contributed by atoms with Gasteiger partial charge in [0.15, 0.2) is 5.90 Å². The molecule has 0 radical (unpaired) electrons. The van der Waals surface area contributed by atoms with E-state index in [0.29, 0.717) is 0 Å². The van der Waals surface area contributed by atoms with Crippen LogP contribution in [-0.4, -0.2) is 24.9 Å². The zero-order chi connectivity index (χ0) is 14.2. The third-order valence-electron chi connectivity index (χ3n) is 2.40. The summed E-state index contributed by atoms with van der Waals surface area (Å²) in [6, 6.07) is 2.59. The molecule has 8 heteroatoms. The number of hydrogen-bond donors (Lipinski definition) is 0. The van der Waals surface area contributed by atoms with Crippen LogP contribution in [0.3, 0.4) is 0 Å². The van der Waals surface area contributed by atoms with E-state index in [-0.39, 0.29) is 27.3 Å². The van der Waals surface area contributed by atoms with Crippen molar-refractivity contribution in [1.82, 2.24) is 0 Å². The fourth-order valence-electron chi connectivity index (χ4n) is 1.49. The highest BCUT2D eigenvalue weighted by Crippen LogP contribution is 2.39. The van der Waals surface area contributed by atoms with Crippen LogP contribution in [-0.2, 0) is 4.74 Å². The molecule has 19 heavy (non-hydrogen) atoms. The first-order valence-corrected chi connectivity index (χ1v) is 5.82.